The topological polar surface area (TPSA) is 52.3 Å². The van der Waals surface area contributed by atoms with Crippen LogP contribution in [-0.4, -0.2) is 18.6 Å². The molecule has 0 aromatic rings. The van der Waals surface area contributed by atoms with Gasteiger partial charge in [-0.2, -0.15) is 0 Å². The first-order chi connectivity index (χ1) is 7.01. The highest BCUT2D eigenvalue weighted by atomic mass is 16.5. The standard InChI is InChI=1S/C12H25NO2/c1-5-10(6-2)8-15-12(14)11(13)7-9(3)4/h9-11H,5-8,13H2,1-4H3/t11-/m0/s1. The van der Waals surface area contributed by atoms with Gasteiger partial charge in [-0.25, -0.2) is 0 Å². The zero-order valence-electron chi connectivity index (χ0n) is 10.5. The molecule has 90 valence electrons. The summed E-state index contributed by atoms with van der Waals surface area (Å²) in [6, 6.07) is -0.459. The molecule has 2 N–H and O–H groups in total. The van der Waals surface area contributed by atoms with Crippen molar-refractivity contribution in [1.29, 1.82) is 0 Å². The zero-order chi connectivity index (χ0) is 11.8. The molecule has 0 rings (SSSR count). The number of rotatable bonds is 7. The summed E-state index contributed by atoms with van der Waals surface area (Å²) in [6.07, 6.45) is 2.79. The van der Waals surface area contributed by atoms with Gasteiger partial charge in [-0.15, -0.1) is 0 Å². The molecule has 3 nitrogen and oxygen atoms in total. The molecule has 0 bridgehead atoms. The highest BCUT2D eigenvalue weighted by Crippen LogP contribution is 2.09. The van der Waals surface area contributed by atoms with Crippen molar-refractivity contribution in [2.24, 2.45) is 17.6 Å². The molecule has 0 heterocycles. The van der Waals surface area contributed by atoms with Crippen molar-refractivity contribution in [2.75, 3.05) is 6.61 Å². The summed E-state index contributed by atoms with van der Waals surface area (Å²) in [5.41, 5.74) is 5.71. The predicted octanol–water partition coefficient (Wildman–Crippen LogP) is 2.34. The van der Waals surface area contributed by atoms with Crippen LogP contribution in [0.1, 0.15) is 47.0 Å². The van der Waals surface area contributed by atoms with Crippen LogP contribution >= 0.6 is 0 Å². The average Bonchev–Trinajstić information content (AvgIpc) is 2.18. The summed E-state index contributed by atoms with van der Waals surface area (Å²) in [4.78, 5) is 11.5. The van der Waals surface area contributed by atoms with Gasteiger partial charge >= 0.3 is 5.97 Å². The quantitative estimate of drug-likeness (QED) is 0.663. The Bertz CT molecular complexity index is 176. The van der Waals surface area contributed by atoms with Crippen molar-refractivity contribution in [3.63, 3.8) is 0 Å². The van der Waals surface area contributed by atoms with Gasteiger partial charge in [-0.05, 0) is 18.3 Å². The second-order valence-corrected chi connectivity index (χ2v) is 4.55. The first kappa shape index (κ1) is 14.4. The maximum Gasteiger partial charge on any atom is 0.322 e. The SMILES string of the molecule is CCC(CC)COC(=O)[C@@H](N)CC(C)C. The van der Waals surface area contributed by atoms with E-state index in [0.29, 0.717) is 24.9 Å². The fraction of sp³-hybridized carbons (Fsp3) is 0.917. The van der Waals surface area contributed by atoms with Crippen LogP contribution in [0.5, 0.6) is 0 Å². The van der Waals surface area contributed by atoms with Crippen LogP contribution in [-0.2, 0) is 9.53 Å². The Morgan fingerprint density at radius 2 is 1.80 bits per heavy atom. The van der Waals surface area contributed by atoms with Crippen molar-refractivity contribution in [1.82, 2.24) is 0 Å². The maximum atomic E-state index is 11.5. The summed E-state index contributed by atoms with van der Waals surface area (Å²) in [7, 11) is 0. The van der Waals surface area contributed by atoms with Crippen LogP contribution < -0.4 is 5.73 Å². The Kier molecular flexibility index (Phi) is 7.39. The van der Waals surface area contributed by atoms with Crippen LogP contribution in [0.3, 0.4) is 0 Å². The molecule has 0 fully saturated rings. The molecule has 1 atom stereocenters. The Balaban J connectivity index is 3.81. The number of nitrogens with two attached hydrogens (primary N) is 1. The largest absolute Gasteiger partial charge is 0.464 e. The molecular weight excluding hydrogens is 190 g/mol. The van der Waals surface area contributed by atoms with Crippen molar-refractivity contribution in [3.8, 4) is 0 Å². The zero-order valence-corrected chi connectivity index (χ0v) is 10.5. The van der Waals surface area contributed by atoms with E-state index in [1.165, 1.54) is 0 Å². The van der Waals surface area contributed by atoms with E-state index in [2.05, 4.69) is 13.8 Å². The molecule has 0 unspecified atom stereocenters. The minimum atomic E-state index is -0.459. The van der Waals surface area contributed by atoms with Crippen LogP contribution in [0.25, 0.3) is 0 Å². The summed E-state index contributed by atoms with van der Waals surface area (Å²) in [5.74, 6) is 0.650. The molecule has 0 aliphatic carbocycles. The average molecular weight is 215 g/mol. The van der Waals surface area contributed by atoms with E-state index in [-0.39, 0.29) is 5.97 Å². The summed E-state index contributed by atoms with van der Waals surface area (Å²) in [5, 5.41) is 0. The second kappa shape index (κ2) is 7.69. The van der Waals surface area contributed by atoms with E-state index >= 15 is 0 Å². The van der Waals surface area contributed by atoms with Gasteiger partial charge in [0.1, 0.15) is 6.04 Å². The molecule has 0 aliphatic heterocycles. The molecule has 3 heteroatoms. The smallest absolute Gasteiger partial charge is 0.322 e. The maximum absolute atomic E-state index is 11.5. The predicted molar refractivity (Wildman–Crippen MR) is 62.5 cm³/mol. The lowest BCUT2D eigenvalue weighted by atomic mass is 10.0. The van der Waals surface area contributed by atoms with E-state index in [9.17, 15) is 4.79 Å². The summed E-state index contributed by atoms with van der Waals surface area (Å²) < 4.78 is 5.18. The number of hydrogen-bond donors (Lipinski definition) is 1. The van der Waals surface area contributed by atoms with Crippen LogP contribution in [0.4, 0.5) is 0 Å². The van der Waals surface area contributed by atoms with E-state index < -0.39 is 6.04 Å². The van der Waals surface area contributed by atoms with Gasteiger partial charge in [-0.3, -0.25) is 4.79 Å². The highest BCUT2D eigenvalue weighted by molar-refractivity contribution is 5.75. The lowest BCUT2D eigenvalue weighted by molar-refractivity contribution is -0.147. The monoisotopic (exact) mass is 215 g/mol. The molecule has 0 aliphatic rings. The molecule has 0 aromatic carbocycles. The number of esters is 1. The molecule has 0 spiro atoms. The van der Waals surface area contributed by atoms with Gasteiger partial charge in [0.2, 0.25) is 0 Å². The number of hydrogen-bond acceptors (Lipinski definition) is 3. The first-order valence-electron chi connectivity index (χ1n) is 5.93. The lowest BCUT2D eigenvalue weighted by Gasteiger charge is -2.16. The van der Waals surface area contributed by atoms with Gasteiger partial charge in [0.05, 0.1) is 6.61 Å². The number of ether oxygens (including phenoxy) is 1. The molecule has 15 heavy (non-hydrogen) atoms. The minimum absolute atomic E-state index is 0.254. The summed E-state index contributed by atoms with van der Waals surface area (Å²) in [6.45, 7) is 8.83. The van der Waals surface area contributed by atoms with Crippen molar-refractivity contribution in [2.45, 2.75) is 53.0 Å². The van der Waals surface area contributed by atoms with Crippen LogP contribution in [0.2, 0.25) is 0 Å². The second-order valence-electron chi connectivity index (χ2n) is 4.55. The van der Waals surface area contributed by atoms with E-state index in [4.69, 9.17) is 10.5 Å². The van der Waals surface area contributed by atoms with E-state index in [1.807, 2.05) is 13.8 Å². The lowest BCUT2D eigenvalue weighted by Crippen LogP contribution is -2.34. The molecule has 0 radical (unpaired) electrons. The Morgan fingerprint density at radius 3 is 2.20 bits per heavy atom. The van der Waals surface area contributed by atoms with Crippen molar-refractivity contribution >= 4 is 5.97 Å². The van der Waals surface area contributed by atoms with Gasteiger partial charge in [-0.1, -0.05) is 40.5 Å². The number of carbonyl (C=O) groups is 1. The van der Waals surface area contributed by atoms with Crippen LogP contribution in [0.15, 0.2) is 0 Å². The highest BCUT2D eigenvalue weighted by Gasteiger charge is 2.17. The van der Waals surface area contributed by atoms with Gasteiger partial charge in [0, 0.05) is 0 Å². The fourth-order valence-corrected chi connectivity index (χ4v) is 1.44. The van der Waals surface area contributed by atoms with Crippen LogP contribution in [0, 0.1) is 11.8 Å². The Hall–Kier alpha value is -0.570. The minimum Gasteiger partial charge on any atom is -0.464 e. The van der Waals surface area contributed by atoms with Gasteiger partial charge < -0.3 is 10.5 Å². The van der Waals surface area contributed by atoms with Gasteiger partial charge in [0.15, 0.2) is 0 Å². The Morgan fingerprint density at radius 1 is 1.27 bits per heavy atom. The molecular formula is C12H25NO2. The number of carbonyl (C=O) groups excluding carboxylic acids is 1. The normalized spacial score (nSPS) is 13.3. The third-order valence-corrected chi connectivity index (χ3v) is 2.64. The van der Waals surface area contributed by atoms with E-state index in [1.54, 1.807) is 0 Å². The van der Waals surface area contributed by atoms with E-state index in [0.717, 1.165) is 12.8 Å². The molecule has 0 amide bonds. The fourth-order valence-electron chi connectivity index (χ4n) is 1.44. The van der Waals surface area contributed by atoms with Gasteiger partial charge in [0.25, 0.3) is 0 Å². The summed E-state index contributed by atoms with van der Waals surface area (Å²) >= 11 is 0. The third kappa shape index (κ3) is 6.50. The first-order valence-corrected chi connectivity index (χ1v) is 5.93. The molecule has 0 aromatic heterocycles. The molecule has 0 saturated heterocycles. The van der Waals surface area contributed by atoms with Crippen molar-refractivity contribution in [3.05, 3.63) is 0 Å². The third-order valence-electron chi connectivity index (χ3n) is 2.64. The molecule has 0 saturated carbocycles. The van der Waals surface area contributed by atoms with Crippen molar-refractivity contribution < 1.29 is 9.53 Å². The Labute approximate surface area is 93.4 Å².